The number of rotatable bonds is 7. The molecule has 3 rings (SSSR count). The van der Waals surface area contributed by atoms with Gasteiger partial charge < -0.3 is 19.5 Å². The van der Waals surface area contributed by atoms with Crippen LogP contribution in [0.15, 0.2) is 18.3 Å². The van der Waals surface area contributed by atoms with E-state index in [2.05, 4.69) is 9.88 Å². The number of anilines is 1. The van der Waals surface area contributed by atoms with Crippen LogP contribution in [-0.2, 0) is 15.7 Å². The SMILES string of the molecule is OC(COCC1CCCO1)CN1CCN(c2ccc(C(F)(F)F)cn2)CC1. The molecule has 0 radical (unpaired) electrons. The molecular formula is C18H26F3N3O3. The largest absolute Gasteiger partial charge is 0.417 e. The number of piperazine rings is 1. The fourth-order valence-electron chi connectivity index (χ4n) is 3.36. The van der Waals surface area contributed by atoms with Crippen LogP contribution in [0.5, 0.6) is 0 Å². The number of nitrogens with zero attached hydrogens (tertiary/aromatic N) is 3. The second kappa shape index (κ2) is 9.18. The highest BCUT2D eigenvalue weighted by Crippen LogP contribution is 2.29. The molecule has 1 aromatic heterocycles. The number of hydrogen-bond acceptors (Lipinski definition) is 6. The summed E-state index contributed by atoms with van der Waals surface area (Å²) < 4.78 is 48.8. The maximum Gasteiger partial charge on any atom is 0.417 e. The van der Waals surface area contributed by atoms with Crippen molar-refractivity contribution in [3.63, 3.8) is 0 Å². The maximum absolute atomic E-state index is 12.6. The van der Waals surface area contributed by atoms with E-state index in [9.17, 15) is 18.3 Å². The van der Waals surface area contributed by atoms with E-state index in [1.54, 1.807) is 0 Å². The number of hydrogen-bond donors (Lipinski definition) is 1. The van der Waals surface area contributed by atoms with Gasteiger partial charge >= 0.3 is 6.18 Å². The number of alkyl halides is 3. The minimum absolute atomic E-state index is 0.150. The molecule has 0 spiro atoms. The maximum atomic E-state index is 12.6. The zero-order chi connectivity index (χ0) is 19.3. The van der Waals surface area contributed by atoms with Crippen molar-refractivity contribution in [1.29, 1.82) is 0 Å². The lowest BCUT2D eigenvalue weighted by Crippen LogP contribution is -2.49. The van der Waals surface area contributed by atoms with Crippen LogP contribution in [0, 0.1) is 0 Å². The van der Waals surface area contributed by atoms with E-state index >= 15 is 0 Å². The van der Waals surface area contributed by atoms with Crippen LogP contribution >= 0.6 is 0 Å². The van der Waals surface area contributed by atoms with E-state index in [0.717, 1.165) is 31.7 Å². The molecule has 9 heteroatoms. The third-order valence-electron chi connectivity index (χ3n) is 4.88. The summed E-state index contributed by atoms with van der Waals surface area (Å²) in [6.45, 7) is 4.83. The molecule has 2 unspecified atom stereocenters. The number of β-amino-alcohol motifs (C(OH)–C–C–N with tert-alkyl or cyclic N) is 1. The van der Waals surface area contributed by atoms with Crippen molar-refractivity contribution in [2.45, 2.75) is 31.2 Å². The zero-order valence-electron chi connectivity index (χ0n) is 15.2. The molecule has 1 aromatic rings. The van der Waals surface area contributed by atoms with E-state index < -0.39 is 17.8 Å². The van der Waals surface area contributed by atoms with Gasteiger partial charge in [-0.3, -0.25) is 4.90 Å². The average Bonchev–Trinajstić information content (AvgIpc) is 3.15. The van der Waals surface area contributed by atoms with Crippen molar-refractivity contribution in [3.05, 3.63) is 23.9 Å². The highest BCUT2D eigenvalue weighted by Gasteiger charge is 2.31. The van der Waals surface area contributed by atoms with Gasteiger partial charge in [-0.05, 0) is 25.0 Å². The van der Waals surface area contributed by atoms with Crippen molar-refractivity contribution >= 4 is 5.82 Å². The van der Waals surface area contributed by atoms with Crippen LogP contribution < -0.4 is 4.90 Å². The Morgan fingerprint density at radius 1 is 1.26 bits per heavy atom. The van der Waals surface area contributed by atoms with E-state index in [-0.39, 0.29) is 12.7 Å². The summed E-state index contributed by atoms with van der Waals surface area (Å²) in [7, 11) is 0. The molecule has 2 aliphatic heterocycles. The first-order valence-corrected chi connectivity index (χ1v) is 9.30. The van der Waals surface area contributed by atoms with Crippen LogP contribution in [0.4, 0.5) is 19.0 Å². The fourth-order valence-corrected chi connectivity index (χ4v) is 3.36. The summed E-state index contributed by atoms with van der Waals surface area (Å²) in [5.74, 6) is 0.545. The Morgan fingerprint density at radius 2 is 2.04 bits per heavy atom. The average molecular weight is 389 g/mol. The molecule has 1 N–H and O–H groups in total. The van der Waals surface area contributed by atoms with Crippen molar-refractivity contribution in [2.75, 3.05) is 57.4 Å². The van der Waals surface area contributed by atoms with Gasteiger partial charge in [-0.15, -0.1) is 0 Å². The first-order valence-electron chi connectivity index (χ1n) is 9.30. The third kappa shape index (κ3) is 6.03. The fraction of sp³-hybridized carbons (Fsp3) is 0.722. The lowest BCUT2D eigenvalue weighted by molar-refractivity contribution is -0.137. The Labute approximate surface area is 156 Å². The van der Waals surface area contributed by atoms with Gasteiger partial charge in [0, 0.05) is 45.5 Å². The van der Waals surface area contributed by atoms with E-state index in [1.165, 1.54) is 6.07 Å². The monoisotopic (exact) mass is 389 g/mol. The van der Waals surface area contributed by atoms with Crippen molar-refractivity contribution < 1.29 is 27.8 Å². The third-order valence-corrected chi connectivity index (χ3v) is 4.88. The van der Waals surface area contributed by atoms with Gasteiger partial charge in [0.15, 0.2) is 0 Å². The van der Waals surface area contributed by atoms with Crippen LogP contribution in [0.3, 0.4) is 0 Å². The van der Waals surface area contributed by atoms with Gasteiger partial charge in [-0.2, -0.15) is 13.2 Å². The van der Waals surface area contributed by atoms with Crippen molar-refractivity contribution in [2.24, 2.45) is 0 Å². The van der Waals surface area contributed by atoms with Gasteiger partial charge in [0.2, 0.25) is 0 Å². The van der Waals surface area contributed by atoms with Gasteiger partial charge in [-0.25, -0.2) is 4.98 Å². The molecule has 3 heterocycles. The van der Waals surface area contributed by atoms with Gasteiger partial charge in [0.05, 0.1) is 31.0 Å². The molecule has 0 aromatic carbocycles. The van der Waals surface area contributed by atoms with E-state index in [0.29, 0.717) is 45.1 Å². The number of aliphatic hydroxyl groups is 1. The van der Waals surface area contributed by atoms with Crippen LogP contribution in [0.25, 0.3) is 0 Å². The Bertz CT molecular complexity index is 571. The molecule has 0 bridgehead atoms. The summed E-state index contributed by atoms with van der Waals surface area (Å²) in [6.07, 6.45) is -1.84. The van der Waals surface area contributed by atoms with Gasteiger partial charge in [-0.1, -0.05) is 0 Å². The Kier molecular flexibility index (Phi) is 6.91. The highest BCUT2D eigenvalue weighted by molar-refractivity contribution is 5.40. The molecule has 2 aliphatic rings. The lowest BCUT2D eigenvalue weighted by Gasteiger charge is -2.36. The van der Waals surface area contributed by atoms with E-state index in [4.69, 9.17) is 9.47 Å². The summed E-state index contributed by atoms with van der Waals surface area (Å²) in [5.41, 5.74) is -0.740. The molecule has 0 amide bonds. The van der Waals surface area contributed by atoms with Crippen LogP contribution in [0.2, 0.25) is 0 Å². The molecule has 6 nitrogen and oxygen atoms in total. The Morgan fingerprint density at radius 3 is 2.63 bits per heavy atom. The van der Waals surface area contributed by atoms with Gasteiger partial charge in [0.25, 0.3) is 0 Å². The first kappa shape index (κ1) is 20.3. The summed E-state index contributed by atoms with van der Waals surface area (Å²) in [6, 6.07) is 2.47. The summed E-state index contributed by atoms with van der Waals surface area (Å²) >= 11 is 0. The molecule has 27 heavy (non-hydrogen) atoms. The predicted molar refractivity (Wildman–Crippen MR) is 93.7 cm³/mol. The predicted octanol–water partition coefficient (Wildman–Crippen LogP) is 1.78. The zero-order valence-corrected chi connectivity index (χ0v) is 15.2. The molecule has 152 valence electrons. The normalized spacial score (nSPS) is 23.0. The smallest absolute Gasteiger partial charge is 0.389 e. The second-order valence-electron chi connectivity index (χ2n) is 7.02. The topological polar surface area (TPSA) is 58.1 Å². The number of aliphatic hydroxyl groups excluding tert-OH is 1. The molecule has 0 saturated carbocycles. The minimum atomic E-state index is -4.37. The lowest BCUT2D eigenvalue weighted by atomic mass is 10.2. The van der Waals surface area contributed by atoms with Crippen LogP contribution in [-0.4, -0.2) is 79.7 Å². The number of pyridine rings is 1. The Balaban J connectivity index is 1.36. The van der Waals surface area contributed by atoms with Crippen molar-refractivity contribution in [3.8, 4) is 0 Å². The Hall–Kier alpha value is -1.42. The molecular weight excluding hydrogens is 363 g/mol. The highest BCUT2D eigenvalue weighted by atomic mass is 19.4. The molecule has 2 saturated heterocycles. The molecule has 2 atom stereocenters. The summed E-state index contributed by atoms with van der Waals surface area (Å²) in [5, 5.41) is 10.1. The van der Waals surface area contributed by atoms with Gasteiger partial charge in [0.1, 0.15) is 5.82 Å². The molecule has 0 aliphatic carbocycles. The quantitative estimate of drug-likeness (QED) is 0.767. The number of ether oxygens (including phenoxy) is 2. The van der Waals surface area contributed by atoms with Crippen molar-refractivity contribution in [1.82, 2.24) is 9.88 Å². The van der Waals surface area contributed by atoms with E-state index in [1.807, 2.05) is 4.90 Å². The first-order chi connectivity index (χ1) is 12.9. The summed E-state index contributed by atoms with van der Waals surface area (Å²) in [4.78, 5) is 8.02. The second-order valence-corrected chi connectivity index (χ2v) is 7.02. The number of halogens is 3. The molecule has 2 fully saturated rings. The number of aromatic nitrogens is 1. The minimum Gasteiger partial charge on any atom is -0.389 e. The van der Waals surface area contributed by atoms with Crippen LogP contribution in [0.1, 0.15) is 18.4 Å². The standard InChI is InChI=1S/C18H26F3N3O3/c19-18(20,21)14-3-4-17(22-10-14)24-7-5-23(6-8-24)11-15(25)12-26-13-16-2-1-9-27-16/h3-4,10,15-16,25H,1-2,5-9,11-13H2.